The van der Waals surface area contributed by atoms with Gasteiger partial charge in [-0.05, 0) is 13.0 Å². The van der Waals surface area contributed by atoms with Crippen LogP contribution in [0.3, 0.4) is 0 Å². The molecule has 0 aromatic carbocycles. The zero-order valence-electron chi connectivity index (χ0n) is 13.7. The molecule has 2 aliphatic heterocycles. The molecule has 1 aromatic heterocycles. The van der Waals surface area contributed by atoms with Crippen LogP contribution in [-0.4, -0.2) is 60.3 Å². The van der Waals surface area contributed by atoms with Gasteiger partial charge in [-0.25, -0.2) is 4.98 Å². The van der Waals surface area contributed by atoms with Crippen molar-refractivity contribution in [3.8, 4) is 5.88 Å². The van der Waals surface area contributed by atoms with Gasteiger partial charge in [0.15, 0.2) is 0 Å². The Hall–Kier alpha value is -1.08. The summed E-state index contributed by atoms with van der Waals surface area (Å²) in [6.07, 6.45) is 3.47. The maximum atomic E-state index is 12.6. The smallest absolute Gasteiger partial charge is 0.242 e. The van der Waals surface area contributed by atoms with Gasteiger partial charge in [-0.3, -0.25) is 4.79 Å². The lowest BCUT2D eigenvalue weighted by atomic mass is 10.0. The van der Waals surface area contributed by atoms with Crippen LogP contribution >= 0.6 is 24.8 Å². The van der Waals surface area contributed by atoms with E-state index in [0.717, 1.165) is 32.5 Å². The number of nitrogens with one attached hydrogen (secondary N) is 1. The van der Waals surface area contributed by atoms with E-state index in [1.807, 2.05) is 30.0 Å². The summed E-state index contributed by atoms with van der Waals surface area (Å²) in [7, 11) is 0. The molecule has 3 heterocycles. The van der Waals surface area contributed by atoms with Crippen LogP contribution in [0, 0.1) is 0 Å². The first-order chi connectivity index (χ1) is 10.7. The SMILES string of the molecule is C[C@H]1OCCN[C@@H]1C(=O)N1CCC(Oc2ccccn2)CC1.Cl.Cl. The normalized spacial score (nSPS) is 24.5. The maximum absolute atomic E-state index is 12.6. The van der Waals surface area contributed by atoms with Gasteiger partial charge in [0.05, 0.1) is 12.7 Å². The van der Waals surface area contributed by atoms with Gasteiger partial charge in [0.1, 0.15) is 12.1 Å². The molecular formula is C16H25Cl2N3O3. The van der Waals surface area contributed by atoms with E-state index in [9.17, 15) is 4.79 Å². The van der Waals surface area contributed by atoms with E-state index in [1.165, 1.54) is 0 Å². The number of hydrogen-bond donors (Lipinski definition) is 1. The summed E-state index contributed by atoms with van der Waals surface area (Å²) >= 11 is 0. The molecule has 136 valence electrons. The molecule has 0 aliphatic carbocycles. The zero-order valence-corrected chi connectivity index (χ0v) is 15.4. The summed E-state index contributed by atoms with van der Waals surface area (Å²) in [6, 6.07) is 5.43. The minimum Gasteiger partial charge on any atom is -0.474 e. The number of carbonyl (C=O) groups is 1. The van der Waals surface area contributed by atoms with Gasteiger partial charge in [0.2, 0.25) is 11.8 Å². The van der Waals surface area contributed by atoms with Crippen molar-refractivity contribution in [1.82, 2.24) is 15.2 Å². The second kappa shape index (κ2) is 10.0. The Kier molecular flexibility index (Phi) is 8.76. The Morgan fingerprint density at radius 1 is 1.33 bits per heavy atom. The molecule has 2 aliphatic rings. The fraction of sp³-hybridized carbons (Fsp3) is 0.625. The molecule has 1 amide bonds. The predicted octanol–water partition coefficient (Wildman–Crippen LogP) is 1.67. The highest BCUT2D eigenvalue weighted by Gasteiger charge is 2.33. The summed E-state index contributed by atoms with van der Waals surface area (Å²) in [4.78, 5) is 18.7. The van der Waals surface area contributed by atoms with Crippen LogP contribution in [0.1, 0.15) is 19.8 Å². The molecule has 2 saturated heterocycles. The van der Waals surface area contributed by atoms with Crippen molar-refractivity contribution in [2.24, 2.45) is 0 Å². The van der Waals surface area contributed by atoms with Crippen LogP contribution in [0.25, 0.3) is 0 Å². The lowest BCUT2D eigenvalue weighted by Gasteiger charge is -2.37. The van der Waals surface area contributed by atoms with Crippen LogP contribution in [0.2, 0.25) is 0 Å². The van der Waals surface area contributed by atoms with Gasteiger partial charge >= 0.3 is 0 Å². The van der Waals surface area contributed by atoms with Crippen molar-refractivity contribution in [1.29, 1.82) is 0 Å². The van der Waals surface area contributed by atoms with E-state index < -0.39 is 0 Å². The second-order valence-electron chi connectivity index (χ2n) is 5.82. The number of ether oxygens (including phenoxy) is 2. The van der Waals surface area contributed by atoms with E-state index in [-0.39, 0.29) is 49.0 Å². The number of likely N-dealkylation sites (tertiary alicyclic amines) is 1. The Morgan fingerprint density at radius 2 is 2.08 bits per heavy atom. The molecule has 1 aromatic rings. The Balaban J connectivity index is 0.00000144. The van der Waals surface area contributed by atoms with Gasteiger partial charge < -0.3 is 19.7 Å². The molecule has 0 spiro atoms. The number of piperidine rings is 1. The molecule has 3 rings (SSSR count). The van der Waals surface area contributed by atoms with Gasteiger partial charge in [-0.1, -0.05) is 6.07 Å². The number of halogens is 2. The van der Waals surface area contributed by atoms with Crippen molar-refractivity contribution in [3.63, 3.8) is 0 Å². The van der Waals surface area contributed by atoms with Gasteiger partial charge in [-0.2, -0.15) is 0 Å². The number of aromatic nitrogens is 1. The minimum atomic E-state index is -0.220. The topological polar surface area (TPSA) is 63.7 Å². The van der Waals surface area contributed by atoms with Crippen LogP contribution < -0.4 is 10.1 Å². The zero-order chi connectivity index (χ0) is 15.4. The number of pyridine rings is 1. The summed E-state index contributed by atoms with van der Waals surface area (Å²) in [5.74, 6) is 0.798. The quantitative estimate of drug-likeness (QED) is 0.867. The summed E-state index contributed by atoms with van der Waals surface area (Å²) in [5.41, 5.74) is 0. The van der Waals surface area contributed by atoms with E-state index in [0.29, 0.717) is 12.5 Å². The van der Waals surface area contributed by atoms with Gasteiger partial charge in [-0.15, -0.1) is 24.8 Å². The number of hydrogen-bond acceptors (Lipinski definition) is 5. The van der Waals surface area contributed by atoms with Gasteiger partial charge in [0, 0.05) is 44.7 Å². The van der Waals surface area contributed by atoms with Gasteiger partial charge in [0.25, 0.3) is 0 Å². The molecule has 0 unspecified atom stereocenters. The van der Waals surface area contributed by atoms with E-state index in [2.05, 4.69) is 10.3 Å². The largest absolute Gasteiger partial charge is 0.474 e. The second-order valence-corrected chi connectivity index (χ2v) is 5.82. The van der Waals surface area contributed by atoms with E-state index in [1.54, 1.807) is 6.20 Å². The first kappa shape index (κ1) is 21.0. The minimum absolute atomic E-state index is 0. The molecule has 6 nitrogen and oxygen atoms in total. The molecule has 2 atom stereocenters. The number of nitrogens with zero attached hydrogens (tertiary/aromatic N) is 2. The Morgan fingerprint density at radius 3 is 2.71 bits per heavy atom. The van der Waals surface area contributed by atoms with Crippen molar-refractivity contribution in [3.05, 3.63) is 24.4 Å². The molecule has 0 bridgehead atoms. The predicted molar refractivity (Wildman–Crippen MR) is 96.2 cm³/mol. The number of rotatable bonds is 3. The van der Waals surface area contributed by atoms with Crippen LogP contribution in [-0.2, 0) is 9.53 Å². The number of amides is 1. The van der Waals surface area contributed by atoms with Crippen molar-refractivity contribution < 1.29 is 14.3 Å². The molecule has 8 heteroatoms. The van der Waals surface area contributed by atoms with Crippen LogP contribution in [0.4, 0.5) is 0 Å². The van der Waals surface area contributed by atoms with Crippen LogP contribution in [0.15, 0.2) is 24.4 Å². The first-order valence-corrected chi connectivity index (χ1v) is 7.95. The summed E-state index contributed by atoms with van der Waals surface area (Å²) in [5, 5.41) is 3.26. The lowest BCUT2D eigenvalue weighted by Crippen LogP contribution is -2.57. The fourth-order valence-electron chi connectivity index (χ4n) is 2.99. The lowest BCUT2D eigenvalue weighted by molar-refractivity contribution is -0.141. The first-order valence-electron chi connectivity index (χ1n) is 7.95. The van der Waals surface area contributed by atoms with Crippen LogP contribution in [0.5, 0.6) is 5.88 Å². The van der Waals surface area contributed by atoms with E-state index >= 15 is 0 Å². The average molecular weight is 378 g/mol. The average Bonchev–Trinajstić information content (AvgIpc) is 2.56. The number of carbonyl (C=O) groups excluding carboxylic acids is 1. The Bertz CT molecular complexity index is 499. The Labute approximate surface area is 155 Å². The highest BCUT2D eigenvalue weighted by Crippen LogP contribution is 2.18. The third-order valence-electron chi connectivity index (χ3n) is 4.26. The van der Waals surface area contributed by atoms with E-state index in [4.69, 9.17) is 9.47 Å². The van der Waals surface area contributed by atoms with Crippen molar-refractivity contribution in [2.75, 3.05) is 26.2 Å². The summed E-state index contributed by atoms with van der Waals surface area (Å²) < 4.78 is 11.4. The highest BCUT2D eigenvalue weighted by molar-refractivity contribution is 5.85. The third kappa shape index (κ3) is 5.21. The summed E-state index contributed by atoms with van der Waals surface area (Å²) in [6.45, 7) is 4.80. The molecule has 1 N–H and O–H groups in total. The molecule has 2 fully saturated rings. The number of morpholine rings is 1. The third-order valence-corrected chi connectivity index (χ3v) is 4.26. The van der Waals surface area contributed by atoms with Crippen molar-refractivity contribution in [2.45, 2.75) is 38.0 Å². The van der Waals surface area contributed by atoms with Crippen molar-refractivity contribution >= 4 is 30.7 Å². The molecule has 0 radical (unpaired) electrons. The monoisotopic (exact) mass is 377 g/mol. The highest BCUT2D eigenvalue weighted by atomic mass is 35.5. The molecule has 24 heavy (non-hydrogen) atoms. The molecule has 0 saturated carbocycles. The maximum Gasteiger partial charge on any atom is 0.242 e. The molecular weight excluding hydrogens is 353 g/mol. The standard InChI is InChI=1S/C16H23N3O3.2ClH/c1-12-15(18-8-11-21-12)16(20)19-9-5-13(6-10-19)22-14-4-2-3-7-17-14;;/h2-4,7,12-13,15,18H,5-6,8-11H2,1H3;2*1H/t12-,15+;;/m1../s1. The fourth-order valence-corrected chi connectivity index (χ4v) is 2.99.